The Bertz CT molecular complexity index is 940. The van der Waals surface area contributed by atoms with Crippen LogP contribution in [0.4, 0.5) is 9.80 Å². The Morgan fingerprint density at radius 3 is 2.47 bits per heavy atom. The van der Waals surface area contributed by atoms with Gasteiger partial charge in [0.1, 0.15) is 5.00 Å². The van der Waals surface area contributed by atoms with Gasteiger partial charge < -0.3 is 19.7 Å². The van der Waals surface area contributed by atoms with E-state index in [4.69, 9.17) is 9.47 Å². The van der Waals surface area contributed by atoms with Gasteiger partial charge in [-0.2, -0.15) is 0 Å². The highest BCUT2D eigenvalue weighted by Crippen LogP contribution is 2.38. The average molecular weight is 449 g/mol. The van der Waals surface area contributed by atoms with E-state index in [2.05, 4.69) is 5.32 Å². The number of fused-ring (bicyclic) bond motifs is 1. The van der Waals surface area contributed by atoms with Crippen LogP contribution >= 0.6 is 23.1 Å². The van der Waals surface area contributed by atoms with E-state index in [9.17, 15) is 14.4 Å². The second kappa shape index (κ2) is 9.99. The van der Waals surface area contributed by atoms with Gasteiger partial charge in [-0.3, -0.25) is 4.79 Å². The Kier molecular flexibility index (Phi) is 7.38. The SMILES string of the molecule is CCOC(=O)c1c(NC(=O)c2ccc(SC)cc2)sc2c1CCN(C(=O)OCC)C2. The van der Waals surface area contributed by atoms with Crippen LogP contribution in [0.1, 0.15) is 45.0 Å². The lowest BCUT2D eigenvalue weighted by atomic mass is 10.0. The summed E-state index contributed by atoms with van der Waals surface area (Å²) >= 11 is 2.90. The van der Waals surface area contributed by atoms with E-state index >= 15 is 0 Å². The number of amides is 2. The van der Waals surface area contributed by atoms with Gasteiger partial charge in [0.2, 0.25) is 0 Å². The first kappa shape index (κ1) is 22.2. The van der Waals surface area contributed by atoms with Crippen molar-refractivity contribution in [2.75, 3.05) is 31.3 Å². The predicted octanol–water partition coefficient (Wildman–Crippen LogP) is 4.41. The van der Waals surface area contributed by atoms with Gasteiger partial charge in [0.25, 0.3) is 5.91 Å². The van der Waals surface area contributed by atoms with Crippen molar-refractivity contribution in [3.8, 4) is 0 Å². The largest absolute Gasteiger partial charge is 0.462 e. The topological polar surface area (TPSA) is 84.9 Å². The molecule has 1 aliphatic heterocycles. The summed E-state index contributed by atoms with van der Waals surface area (Å²) in [6.07, 6.45) is 2.08. The van der Waals surface area contributed by atoms with E-state index < -0.39 is 5.97 Å². The summed E-state index contributed by atoms with van der Waals surface area (Å²) in [4.78, 5) is 41.0. The Balaban J connectivity index is 1.88. The highest BCUT2D eigenvalue weighted by Gasteiger charge is 2.31. The summed E-state index contributed by atoms with van der Waals surface area (Å²) in [6.45, 7) is 4.82. The van der Waals surface area contributed by atoms with Gasteiger partial charge in [-0.05, 0) is 56.4 Å². The smallest absolute Gasteiger partial charge is 0.410 e. The fourth-order valence-corrected chi connectivity index (χ4v) is 4.85. The molecule has 160 valence electrons. The van der Waals surface area contributed by atoms with Crippen molar-refractivity contribution in [1.82, 2.24) is 4.90 Å². The molecule has 3 rings (SSSR count). The Hall–Kier alpha value is -2.52. The first-order valence-corrected chi connectivity index (χ1v) is 11.7. The standard InChI is InChI=1S/C21H24N2O5S2/c1-4-27-20(25)17-15-10-11-23(21(26)28-5-2)12-16(15)30-19(17)22-18(24)13-6-8-14(29-3)9-7-13/h6-9H,4-5,10-12H2,1-3H3,(H,22,24). The molecule has 1 N–H and O–H groups in total. The van der Waals surface area contributed by atoms with Crippen LogP contribution in [0.25, 0.3) is 0 Å². The van der Waals surface area contributed by atoms with E-state index in [1.807, 2.05) is 18.4 Å². The molecule has 0 saturated heterocycles. The zero-order valence-corrected chi connectivity index (χ0v) is 18.8. The van der Waals surface area contributed by atoms with E-state index in [0.29, 0.717) is 42.2 Å². The third kappa shape index (κ3) is 4.79. The zero-order valence-electron chi connectivity index (χ0n) is 17.1. The van der Waals surface area contributed by atoms with Crippen LogP contribution in [0, 0.1) is 0 Å². The molecule has 2 aromatic rings. The van der Waals surface area contributed by atoms with E-state index in [1.54, 1.807) is 42.6 Å². The monoisotopic (exact) mass is 448 g/mol. The highest BCUT2D eigenvalue weighted by atomic mass is 32.2. The van der Waals surface area contributed by atoms with Gasteiger partial charge in [0.15, 0.2) is 0 Å². The number of benzene rings is 1. The van der Waals surface area contributed by atoms with Crippen LogP contribution in [0.5, 0.6) is 0 Å². The third-order valence-corrected chi connectivity index (χ3v) is 6.52. The summed E-state index contributed by atoms with van der Waals surface area (Å²) in [5.41, 5.74) is 1.71. The maximum atomic E-state index is 12.8. The zero-order chi connectivity index (χ0) is 21.7. The summed E-state index contributed by atoms with van der Waals surface area (Å²) in [5.74, 6) is -0.762. The van der Waals surface area contributed by atoms with E-state index in [0.717, 1.165) is 15.3 Å². The molecule has 30 heavy (non-hydrogen) atoms. The third-order valence-electron chi connectivity index (χ3n) is 4.64. The molecule has 1 aliphatic rings. The van der Waals surface area contributed by atoms with Crippen molar-refractivity contribution in [2.24, 2.45) is 0 Å². The minimum Gasteiger partial charge on any atom is -0.462 e. The number of thioether (sulfide) groups is 1. The van der Waals surface area contributed by atoms with Gasteiger partial charge in [-0.1, -0.05) is 0 Å². The number of anilines is 1. The Morgan fingerprint density at radius 1 is 1.13 bits per heavy atom. The Morgan fingerprint density at radius 2 is 1.83 bits per heavy atom. The number of esters is 1. The number of carbonyl (C=O) groups excluding carboxylic acids is 3. The minimum atomic E-state index is -0.465. The summed E-state index contributed by atoms with van der Waals surface area (Å²) in [7, 11) is 0. The molecule has 0 atom stereocenters. The van der Waals surface area contributed by atoms with Gasteiger partial charge in [0.05, 0.1) is 25.3 Å². The molecule has 2 amide bonds. The summed E-state index contributed by atoms with van der Waals surface area (Å²) in [5, 5.41) is 3.31. The molecule has 9 heteroatoms. The lowest BCUT2D eigenvalue weighted by Crippen LogP contribution is -2.36. The molecule has 1 aromatic heterocycles. The van der Waals surface area contributed by atoms with Crippen molar-refractivity contribution < 1.29 is 23.9 Å². The average Bonchev–Trinajstić information content (AvgIpc) is 3.11. The van der Waals surface area contributed by atoms with Crippen molar-refractivity contribution in [2.45, 2.75) is 31.7 Å². The second-order valence-corrected chi connectivity index (χ2v) is 8.47. The fourth-order valence-electron chi connectivity index (χ4n) is 3.20. The van der Waals surface area contributed by atoms with Crippen LogP contribution < -0.4 is 5.32 Å². The summed E-state index contributed by atoms with van der Waals surface area (Å²) in [6, 6.07) is 7.26. The molecule has 0 fully saturated rings. The van der Waals surface area contributed by atoms with E-state index in [1.165, 1.54) is 11.3 Å². The fraction of sp³-hybridized carbons (Fsp3) is 0.381. The van der Waals surface area contributed by atoms with Crippen molar-refractivity contribution >= 4 is 46.1 Å². The molecule has 0 bridgehead atoms. The van der Waals surface area contributed by atoms with E-state index in [-0.39, 0.29) is 18.6 Å². The second-order valence-electron chi connectivity index (χ2n) is 6.48. The molecular formula is C21H24N2O5S2. The molecule has 0 saturated carbocycles. The van der Waals surface area contributed by atoms with Crippen molar-refractivity contribution in [3.63, 3.8) is 0 Å². The minimum absolute atomic E-state index is 0.238. The lowest BCUT2D eigenvalue weighted by molar-refractivity contribution is 0.0526. The lowest BCUT2D eigenvalue weighted by Gasteiger charge is -2.26. The number of thiophene rings is 1. The number of hydrogen-bond acceptors (Lipinski definition) is 7. The molecular weight excluding hydrogens is 424 g/mol. The maximum absolute atomic E-state index is 12.8. The number of carbonyl (C=O) groups is 3. The van der Waals surface area contributed by atoms with Crippen LogP contribution in [0.3, 0.4) is 0 Å². The summed E-state index contributed by atoms with van der Waals surface area (Å²) < 4.78 is 10.3. The van der Waals surface area contributed by atoms with Crippen LogP contribution in [0.15, 0.2) is 29.2 Å². The molecule has 1 aromatic carbocycles. The van der Waals surface area contributed by atoms with Crippen molar-refractivity contribution in [3.05, 3.63) is 45.8 Å². The number of rotatable bonds is 6. The van der Waals surface area contributed by atoms with Gasteiger partial charge >= 0.3 is 12.1 Å². The van der Waals surface area contributed by atoms with Gasteiger partial charge in [-0.15, -0.1) is 23.1 Å². The number of hydrogen-bond donors (Lipinski definition) is 1. The number of nitrogens with one attached hydrogen (secondary N) is 1. The number of nitrogens with zero attached hydrogens (tertiary/aromatic N) is 1. The molecule has 7 nitrogen and oxygen atoms in total. The highest BCUT2D eigenvalue weighted by molar-refractivity contribution is 7.98. The first-order valence-electron chi connectivity index (χ1n) is 9.67. The maximum Gasteiger partial charge on any atom is 0.410 e. The van der Waals surface area contributed by atoms with Crippen molar-refractivity contribution in [1.29, 1.82) is 0 Å². The first-order chi connectivity index (χ1) is 14.5. The van der Waals surface area contributed by atoms with Crippen LogP contribution in [-0.2, 0) is 22.4 Å². The molecule has 0 radical (unpaired) electrons. The quantitative estimate of drug-likeness (QED) is 0.520. The van der Waals surface area contributed by atoms with Gasteiger partial charge in [-0.25, -0.2) is 9.59 Å². The van der Waals surface area contributed by atoms with Crippen LogP contribution in [-0.4, -0.2) is 48.9 Å². The molecule has 0 unspecified atom stereocenters. The molecule has 2 heterocycles. The van der Waals surface area contributed by atoms with Crippen LogP contribution in [0.2, 0.25) is 0 Å². The number of ether oxygens (including phenoxy) is 2. The molecule has 0 spiro atoms. The molecule has 0 aliphatic carbocycles. The van der Waals surface area contributed by atoms with Gasteiger partial charge in [0, 0.05) is 21.9 Å². The predicted molar refractivity (Wildman–Crippen MR) is 118 cm³/mol. The Labute approximate surface area is 183 Å². The normalized spacial score (nSPS) is 12.8.